The molecule has 0 spiro atoms. The molecule has 0 unspecified atom stereocenters. The maximum atomic E-state index is 10.7. The van der Waals surface area contributed by atoms with Crippen molar-refractivity contribution >= 4 is 29.6 Å². The lowest BCUT2D eigenvalue weighted by molar-refractivity contribution is -0.111. The lowest BCUT2D eigenvalue weighted by atomic mass is 10.2. The first-order valence-corrected chi connectivity index (χ1v) is 4.06. The Kier molecular flexibility index (Phi) is 1.94. The van der Waals surface area contributed by atoms with E-state index in [2.05, 4.69) is 9.98 Å². The van der Waals surface area contributed by atoms with Crippen molar-refractivity contribution in [3.63, 3.8) is 0 Å². The molecule has 1 aromatic rings. The molecule has 0 atom stereocenters. The summed E-state index contributed by atoms with van der Waals surface area (Å²) in [4.78, 5) is 18.3. The van der Waals surface area contributed by atoms with Crippen molar-refractivity contribution in [3.8, 4) is 0 Å². The summed E-state index contributed by atoms with van der Waals surface area (Å²) in [5.74, 6) is 0.0995. The first-order valence-electron chi connectivity index (χ1n) is 3.68. The highest BCUT2D eigenvalue weighted by atomic mass is 35.5. The summed E-state index contributed by atoms with van der Waals surface area (Å²) >= 11 is 5.77. The quantitative estimate of drug-likeness (QED) is 0.668. The van der Waals surface area contributed by atoms with Gasteiger partial charge in [0.15, 0.2) is 5.84 Å². The Labute approximate surface area is 79.8 Å². The van der Waals surface area contributed by atoms with Gasteiger partial charge in [0.1, 0.15) is 0 Å². The van der Waals surface area contributed by atoms with Gasteiger partial charge in [0.05, 0.1) is 6.21 Å². The van der Waals surface area contributed by atoms with Crippen LogP contribution in [0.5, 0.6) is 0 Å². The molecule has 0 N–H and O–H groups in total. The van der Waals surface area contributed by atoms with Crippen LogP contribution in [0.3, 0.4) is 0 Å². The van der Waals surface area contributed by atoms with E-state index in [1.165, 1.54) is 6.21 Å². The van der Waals surface area contributed by atoms with Gasteiger partial charge < -0.3 is 0 Å². The first-order chi connectivity index (χ1) is 6.25. The minimum absolute atomic E-state index is 0.324. The van der Waals surface area contributed by atoms with Crippen LogP contribution in [0, 0.1) is 0 Å². The fraction of sp³-hybridized carbons (Fsp3) is 0. The van der Waals surface area contributed by atoms with Gasteiger partial charge in [0, 0.05) is 10.6 Å². The Hall–Kier alpha value is -1.48. The van der Waals surface area contributed by atoms with Gasteiger partial charge in [-0.1, -0.05) is 23.7 Å². The molecule has 1 aliphatic heterocycles. The Morgan fingerprint density at radius 2 is 2.15 bits per heavy atom. The van der Waals surface area contributed by atoms with E-state index in [1.54, 1.807) is 24.3 Å². The molecule has 1 amide bonds. The number of benzene rings is 1. The molecule has 64 valence electrons. The van der Waals surface area contributed by atoms with E-state index < -0.39 is 0 Å². The molecule has 0 fully saturated rings. The Balaban J connectivity index is 2.42. The second-order valence-electron chi connectivity index (χ2n) is 2.54. The smallest absolute Gasteiger partial charge is 0.266 e. The third-order valence-electron chi connectivity index (χ3n) is 1.60. The number of carbonyl (C=O) groups excluding carboxylic acids is 1. The van der Waals surface area contributed by atoms with E-state index in [0.29, 0.717) is 10.9 Å². The molecule has 0 bridgehead atoms. The number of amides is 1. The summed E-state index contributed by atoms with van der Waals surface area (Å²) in [5, 5.41) is 0.606. The number of nitrogens with zero attached hydrogens (tertiary/aromatic N) is 2. The van der Waals surface area contributed by atoms with Crippen molar-refractivity contribution in [3.05, 3.63) is 34.9 Å². The van der Waals surface area contributed by atoms with Gasteiger partial charge in [0.25, 0.3) is 5.91 Å². The zero-order chi connectivity index (χ0) is 9.26. The van der Waals surface area contributed by atoms with E-state index in [9.17, 15) is 4.79 Å². The van der Waals surface area contributed by atoms with Gasteiger partial charge in [-0.2, -0.15) is 4.99 Å². The second kappa shape index (κ2) is 3.11. The average Bonchev–Trinajstić information content (AvgIpc) is 2.52. The van der Waals surface area contributed by atoms with Crippen LogP contribution in [-0.4, -0.2) is 18.0 Å². The number of halogens is 1. The van der Waals surface area contributed by atoms with Gasteiger partial charge in [-0.15, -0.1) is 0 Å². The number of hydrogen-bond acceptors (Lipinski definition) is 2. The summed E-state index contributed by atoms with van der Waals surface area (Å²) < 4.78 is 0. The van der Waals surface area contributed by atoms with Crippen LogP contribution < -0.4 is 0 Å². The molecule has 1 aliphatic rings. The highest BCUT2D eigenvalue weighted by molar-refractivity contribution is 6.37. The molecule has 1 heterocycles. The molecule has 1 aromatic carbocycles. The number of rotatable bonds is 1. The van der Waals surface area contributed by atoms with Crippen LogP contribution in [0.15, 0.2) is 34.3 Å². The van der Waals surface area contributed by atoms with Crippen LogP contribution in [0.2, 0.25) is 5.02 Å². The van der Waals surface area contributed by atoms with Crippen LogP contribution in [0.25, 0.3) is 0 Å². The van der Waals surface area contributed by atoms with Crippen molar-refractivity contribution < 1.29 is 4.79 Å². The topological polar surface area (TPSA) is 41.8 Å². The van der Waals surface area contributed by atoms with Crippen molar-refractivity contribution in [1.82, 2.24) is 0 Å². The van der Waals surface area contributed by atoms with Crippen molar-refractivity contribution in [1.29, 1.82) is 0 Å². The molecular formula is C9H5ClN2O. The maximum absolute atomic E-state index is 10.7. The molecular weight excluding hydrogens is 188 g/mol. The van der Waals surface area contributed by atoms with Crippen LogP contribution in [0.1, 0.15) is 5.56 Å². The summed E-state index contributed by atoms with van der Waals surface area (Å²) in [6.45, 7) is 0. The van der Waals surface area contributed by atoms with E-state index in [1.807, 2.05) is 0 Å². The van der Waals surface area contributed by atoms with Crippen molar-refractivity contribution in [2.75, 3.05) is 0 Å². The fourth-order valence-electron chi connectivity index (χ4n) is 1.05. The first kappa shape index (κ1) is 8.13. The van der Waals surface area contributed by atoms with E-state index in [-0.39, 0.29) is 5.91 Å². The van der Waals surface area contributed by atoms with Crippen molar-refractivity contribution in [2.24, 2.45) is 9.98 Å². The fourth-order valence-corrected chi connectivity index (χ4v) is 1.24. The second-order valence-corrected chi connectivity index (χ2v) is 2.98. The number of aliphatic imine (C=N–C) groups is 2. The molecule has 13 heavy (non-hydrogen) atoms. The standard InChI is InChI=1S/C9H5ClN2O/c10-7-3-1-2-6(4-7)9-11-5-8(13)12-9/h1-5H. The summed E-state index contributed by atoms with van der Waals surface area (Å²) in [6, 6.07) is 7.07. The lowest BCUT2D eigenvalue weighted by Gasteiger charge is -1.96. The van der Waals surface area contributed by atoms with E-state index >= 15 is 0 Å². The molecule has 0 saturated heterocycles. The molecule has 0 radical (unpaired) electrons. The summed E-state index contributed by atoms with van der Waals surface area (Å²) in [7, 11) is 0. The molecule has 0 aliphatic carbocycles. The molecule has 0 aromatic heterocycles. The molecule has 3 nitrogen and oxygen atoms in total. The zero-order valence-electron chi connectivity index (χ0n) is 6.57. The monoisotopic (exact) mass is 192 g/mol. The zero-order valence-corrected chi connectivity index (χ0v) is 7.32. The van der Waals surface area contributed by atoms with Gasteiger partial charge >= 0.3 is 0 Å². The highest BCUT2D eigenvalue weighted by Crippen LogP contribution is 2.13. The average molecular weight is 193 g/mol. The van der Waals surface area contributed by atoms with Gasteiger partial charge in [-0.05, 0) is 12.1 Å². The van der Waals surface area contributed by atoms with Crippen LogP contribution in [-0.2, 0) is 4.79 Å². The normalized spacial score (nSPS) is 14.8. The van der Waals surface area contributed by atoms with Gasteiger partial charge in [0.2, 0.25) is 0 Å². The van der Waals surface area contributed by atoms with Gasteiger partial charge in [-0.25, -0.2) is 4.99 Å². The Bertz CT molecular complexity index is 423. The highest BCUT2D eigenvalue weighted by Gasteiger charge is 2.09. The Morgan fingerprint density at radius 3 is 2.77 bits per heavy atom. The SMILES string of the molecule is O=C1C=NC(c2cccc(Cl)c2)=N1. The summed E-state index contributed by atoms with van der Waals surface area (Å²) in [5.41, 5.74) is 0.759. The number of amidine groups is 1. The van der Waals surface area contributed by atoms with E-state index in [0.717, 1.165) is 5.56 Å². The molecule has 4 heteroatoms. The predicted molar refractivity (Wildman–Crippen MR) is 51.5 cm³/mol. The van der Waals surface area contributed by atoms with Crippen molar-refractivity contribution in [2.45, 2.75) is 0 Å². The van der Waals surface area contributed by atoms with Gasteiger partial charge in [-0.3, -0.25) is 4.79 Å². The molecule has 2 rings (SSSR count). The third-order valence-corrected chi connectivity index (χ3v) is 1.83. The third kappa shape index (κ3) is 1.65. The molecule has 0 saturated carbocycles. The van der Waals surface area contributed by atoms with Crippen LogP contribution >= 0.6 is 11.6 Å². The minimum atomic E-state index is -0.324. The largest absolute Gasteiger partial charge is 0.290 e. The lowest BCUT2D eigenvalue weighted by Crippen LogP contribution is -1.93. The Morgan fingerprint density at radius 1 is 1.31 bits per heavy atom. The predicted octanol–water partition coefficient (Wildman–Crippen LogP) is 1.70. The minimum Gasteiger partial charge on any atom is -0.266 e. The maximum Gasteiger partial charge on any atom is 0.290 e. The number of carbonyl (C=O) groups is 1. The number of hydrogen-bond donors (Lipinski definition) is 0. The van der Waals surface area contributed by atoms with Crippen LogP contribution in [0.4, 0.5) is 0 Å². The summed E-state index contributed by atoms with van der Waals surface area (Å²) in [6.07, 6.45) is 1.19. The van der Waals surface area contributed by atoms with E-state index in [4.69, 9.17) is 11.6 Å².